The van der Waals surface area contributed by atoms with Crippen LogP contribution >= 0.6 is 11.5 Å². The van der Waals surface area contributed by atoms with Crippen LogP contribution in [0.4, 0.5) is 4.39 Å². The lowest BCUT2D eigenvalue weighted by atomic mass is 9.94. The number of aromatic nitrogens is 1. The molecule has 0 unspecified atom stereocenters. The van der Waals surface area contributed by atoms with Crippen LogP contribution in [-0.2, 0) is 16.4 Å². The number of ether oxygens (including phenoxy) is 2. The SMILES string of the molecule is Cc1cc(OCCCS(C)(=O)=O)c(F)c(C)c1-c1cccc(COc2ccc(-c3cc(=O)[nH]s3)cc2)c1. The van der Waals surface area contributed by atoms with Crippen molar-refractivity contribution in [3.05, 3.63) is 93.5 Å². The van der Waals surface area contributed by atoms with Gasteiger partial charge in [0.2, 0.25) is 0 Å². The summed E-state index contributed by atoms with van der Waals surface area (Å²) >= 11 is 1.29. The van der Waals surface area contributed by atoms with Crippen LogP contribution in [0.3, 0.4) is 0 Å². The number of sulfone groups is 1. The second kappa shape index (κ2) is 11.3. The molecule has 0 aliphatic rings. The van der Waals surface area contributed by atoms with Gasteiger partial charge < -0.3 is 9.47 Å². The first-order chi connectivity index (χ1) is 17.6. The van der Waals surface area contributed by atoms with Crippen molar-refractivity contribution in [1.82, 2.24) is 4.37 Å². The van der Waals surface area contributed by atoms with Crippen molar-refractivity contribution in [3.63, 3.8) is 0 Å². The van der Waals surface area contributed by atoms with Gasteiger partial charge in [-0.25, -0.2) is 12.8 Å². The lowest BCUT2D eigenvalue weighted by molar-refractivity contribution is 0.301. The van der Waals surface area contributed by atoms with E-state index in [1.807, 2.05) is 55.5 Å². The van der Waals surface area contributed by atoms with E-state index >= 15 is 4.39 Å². The molecule has 0 aliphatic heterocycles. The van der Waals surface area contributed by atoms with Gasteiger partial charge in [0.25, 0.3) is 5.56 Å². The summed E-state index contributed by atoms with van der Waals surface area (Å²) in [6.07, 6.45) is 1.47. The number of rotatable bonds is 10. The third-order valence-corrected chi connectivity index (χ3v) is 7.77. The van der Waals surface area contributed by atoms with Gasteiger partial charge >= 0.3 is 0 Å². The molecule has 4 rings (SSSR count). The number of hydrogen-bond donors (Lipinski definition) is 1. The van der Waals surface area contributed by atoms with Crippen molar-refractivity contribution in [2.45, 2.75) is 26.9 Å². The zero-order valence-corrected chi connectivity index (χ0v) is 22.5. The first-order valence-corrected chi connectivity index (χ1v) is 14.6. The standard InChI is InChI=1S/C28H28FNO5S2/c1-18-14-24(34-12-5-13-37(3,32)33)28(29)19(2)27(18)22-7-4-6-20(15-22)17-35-23-10-8-21(9-11-23)25-16-26(31)30-36-25/h4,6-11,14-16H,5,12-13,17H2,1-3H3,(H,30,31). The van der Waals surface area contributed by atoms with Crippen LogP contribution < -0.4 is 15.0 Å². The largest absolute Gasteiger partial charge is 0.490 e. The number of aromatic amines is 1. The number of hydrogen-bond acceptors (Lipinski definition) is 6. The van der Waals surface area contributed by atoms with E-state index in [9.17, 15) is 13.2 Å². The van der Waals surface area contributed by atoms with Gasteiger partial charge in [0.05, 0.1) is 17.2 Å². The van der Waals surface area contributed by atoms with Crippen molar-refractivity contribution < 1.29 is 22.3 Å². The molecule has 6 nitrogen and oxygen atoms in total. The Bertz CT molecular complexity index is 1560. The summed E-state index contributed by atoms with van der Waals surface area (Å²) in [5.74, 6) is 0.378. The molecule has 0 fully saturated rings. The highest BCUT2D eigenvalue weighted by Crippen LogP contribution is 2.35. The molecular weight excluding hydrogens is 513 g/mol. The maximum atomic E-state index is 15.1. The number of nitrogens with one attached hydrogen (secondary N) is 1. The van der Waals surface area contributed by atoms with Gasteiger partial charge in [-0.15, -0.1) is 0 Å². The van der Waals surface area contributed by atoms with Crippen molar-refractivity contribution in [3.8, 4) is 33.1 Å². The van der Waals surface area contributed by atoms with Crippen LogP contribution in [0, 0.1) is 19.7 Å². The van der Waals surface area contributed by atoms with E-state index in [-0.39, 0.29) is 23.7 Å². The number of H-pyrrole nitrogens is 1. The third kappa shape index (κ3) is 6.87. The molecule has 1 heterocycles. The minimum Gasteiger partial charge on any atom is -0.490 e. The average Bonchev–Trinajstić information content (AvgIpc) is 3.30. The highest BCUT2D eigenvalue weighted by molar-refractivity contribution is 7.90. The number of halogens is 1. The predicted octanol–water partition coefficient (Wildman–Crippen LogP) is 5.92. The van der Waals surface area contributed by atoms with Crippen molar-refractivity contribution >= 4 is 21.4 Å². The highest BCUT2D eigenvalue weighted by Gasteiger charge is 2.16. The lowest BCUT2D eigenvalue weighted by Gasteiger charge is -2.16. The van der Waals surface area contributed by atoms with Gasteiger partial charge in [0.1, 0.15) is 22.2 Å². The molecule has 0 saturated carbocycles. The zero-order chi connectivity index (χ0) is 26.6. The molecule has 0 aliphatic carbocycles. The van der Waals surface area contributed by atoms with Gasteiger partial charge in [-0.2, -0.15) is 0 Å². The number of benzene rings is 3. The monoisotopic (exact) mass is 541 g/mol. The Morgan fingerprint density at radius 1 is 0.973 bits per heavy atom. The molecule has 4 aromatic rings. The quantitative estimate of drug-likeness (QED) is 0.252. The third-order valence-electron chi connectivity index (χ3n) is 5.86. The van der Waals surface area contributed by atoms with E-state index in [2.05, 4.69) is 4.37 Å². The number of aryl methyl sites for hydroxylation is 1. The van der Waals surface area contributed by atoms with Gasteiger partial charge in [0, 0.05) is 12.3 Å². The molecule has 0 saturated heterocycles. The van der Waals surface area contributed by atoms with Crippen molar-refractivity contribution in [1.29, 1.82) is 0 Å². The van der Waals surface area contributed by atoms with E-state index < -0.39 is 15.7 Å². The van der Waals surface area contributed by atoms with E-state index in [1.165, 1.54) is 17.8 Å². The molecule has 9 heteroatoms. The zero-order valence-electron chi connectivity index (χ0n) is 20.8. The molecule has 0 radical (unpaired) electrons. The Morgan fingerprint density at radius 3 is 2.41 bits per heavy atom. The van der Waals surface area contributed by atoms with Crippen LogP contribution in [0.5, 0.6) is 11.5 Å². The second-order valence-corrected chi connectivity index (χ2v) is 12.0. The van der Waals surface area contributed by atoms with E-state index in [1.54, 1.807) is 19.1 Å². The Labute approximate surface area is 219 Å². The Morgan fingerprint density at radius 2 is 1.73 bits per heavy atom. The van der Waals surface area contributed by atoms with Gasteiger partial charge in [-0.05, 0) is 90.0 Å². The lowest BCUT2D eigenvalue weighted by Crippen LogP contribution is -2.09. The summed E-state index contributed by atoms with van der Waals surface area (Å²) in [5, 5.41) is 0. The molecular formula is C28H28FNO5S2. The summed E-state index contributed by atoms with van der Waals surface area (Å²) in [4.78, 5) is 12.2. The fourth-order valence-electron chi connectivity index (χ4n) is 4.10. The van der Waals surface area contributed by atoms with Crippen LogP contribution in [-0.4, -0.2) is 31.4 Å². The summed E-state index contributed by atoms with van der Waals surface area (Å²) in [7, 11) is -3.08. The molecule has 194 valence electrons. The first kappa shape index (κ1) is 26.6. The fourth-order valence-corrected chi connectivity index (χ4v) is 5.43. The van der Waals surface area contributed by atoms with E-state index in [4.69, 9.17) is 9.47 Å². The molecule has 0 spiro atoms. The van der Waals surface area contributed by atoms with Crippen LogP contribution in [0.2, 0.25) is 0 Å². The average molecular weight is 542 g/mol. The van der Waals surface area contributed by atoms with Gasteiger partial charge in [-0.3, -0.25) is 9.17 Å². The van der Waals surface area contributed by atoms with Crippen LogP contribution in [0.15, 0.2) is 65.5 Å². The normalized spacial score (nSPS) is 11.5. The first-order valence-electron chi connectivity index (χ1n) is 11.7. The van der Waals surface area contributed by atoms with Gasteiger partial charge in [0.15, 0.2) is 11.6 Å². The Hall–Kier alpha value is -3.43. The Kier molecular flexibility index (Phi) is 8.14. The smallest absolute Gasteiger partial charge is 0.258 e. The minimum absolute atomic E-state index is 0.000677. The molecule has 1 N–H and O–H groups in total. The fraction of sp³-hybridized carbons (Fsp3) is 0.250. The molecule has 0 atom stereocenters. The van der Waals surface area contributed by atoms with Crippen molar-refractivity contribution in [2.75, 3.05) is 18.6 Å². The highest BCUT2D eigenvalue weighted by atomic mass is 32.2. The van der Waals surface area contributed by atoms with Gasteiger partial charge in [-0.1, -0.05) is 29.7 Å². The minimum atomic E-state index is -3.08. The molecule has 1 aromatic heterocycles. The van der Waals surface area contributed by atoms with E-state index in [0.29, 0.717) is 24.3 Å². The van der Waals surface area contributed by atoms with Crippen LogP contribution in [0.1, 0.15) is 23.1 Å². The summed E-state index contributed by atoms with van der Waals surface area (Å²) < 4.78 is 51.9. The maximum absolute atomic E-state index is 15.1. The molecule has 3 aromatic carbocycles. The Balaban J connectivity index is 1.45. The summed E-state index contributed by atoms with van der Waals surface area (Å²) in [6, 6.07) is 18.5. The maximum Gasteiger partial charge on any atom is 0.258 e. The molecule has 0 bridgehead atoms. The predicted molar refractivity (Wildman–Crippen MR) is 146 cm³/mol. The molecule has 37 heavy (non-hydrogen) atoms. The molecule has 0 amide bonds. The van der Waals surface area contributed by atoms with E-state index in [0.717, 1.165) is 32.7 Å². The van der Waals surface area contributed by atoms with Crippen molar-refractivity contribution in [2.24, 2.45) is 0 Å². The summed E-state index contributed by atoms with van der Waals surface area (Å²) in [5.41, 5.74) is 4.75. The topological polar surface area (TPSA) is 85.5 Å². The second-order valence-electron chi connectivity index (χ2n) is 8.93. The summed E-state index contributed by atoms with van der Waals surface area (Å²) in [6.45, 7) is 4.08. The van der Waals surface area contributed by atoms with Crippen LogP contribution in [0.25, 0.3) is 21.6 Å².